The molecule has 0 saturated carbocycles. The van der Waals surface area contributed by atoms with Gasteiger partial charge in [0.05, 0.1) is 13.7 Å². The summed E-state index contributed by atoms with van der Waals surface area (Å²) in [6, 6.07) is 5.92. The van der Waals surface area contributed by atoms with E-state index in [1.54, 1.807) is 7.11 Å². The molecule has 1 N–H and O–H groups in total. The number of aryl methyl sites for hydroxylation is 1. The molecule has 4 heteroatoms. The molecule has 0 aromatic heterocycles. The lowest BCUT2D eigenvalue weighted by molar-refractivity contribution is -0.138. The minimum Gasteiger partial charge on any atom is -0.496 e. The number of carboxylic acid groups (broad SMARTS) is 1. The van der Waals surface area contributed by atoms with Gasteiger partial charge in [0.2, 0.25) is 0 Å². The van der Waals surface area contributed by atoms with Gasteiger partial charge in [-0.3, -0.25) is 9.69 Å². The third-order valence-electron chi connectivity index (χ3n) is 2.67. The van der Waals surface area contributed by atoms with E-state index in [9.17, 15) is 4.79 Å². The number of nitrogens with zero attached hydrogens (tertiary/aromatic N) is 1. The molecular formula is C13H19NO3. The number of carboxylic acids is 1. The smallest absolute Gasteiger partial charge is 0.317 e. The zero-order chi connectivity index (χ0) is 12.8. The summed E-state index contributed by atoms with van der Waals surface area (Å²) in [6.07, 6.45) is 0. The molecule has 0 spiro atoms. The molecule has 94 valence electrons. The van der Waals surface area contributed by atoms with E-state index < -0.39 is 5.97 Å². The quantitative estimate of drug-likeness (QED) is 0.821. The molecule has 1 aromatic carbocycles. The Hall–Kier alpha value is -1.55. The summed E-state index contributed by atoms with van der Waals surface area (Å²) in [5.41, 5.74) is 2.17. The van der Waals surface area contributed by atoms with Crippen LogP contribution in [0.1, 0.15) is 18.1 Å². The van der Waals surface area contributed by atoms with Crippen LogP contribution in [0.3, 0.4) is 0 Å². The maximum Gasteiger partial charge on any atom is 0.317 e. The van der Waals surface area contributed by atoms with Gasteiger partial charge in [-0.05, 0) is 30.7 Å². The Balaban J connectivity index is 2.73. The fourth-order valence-electron chi connectivity index (χ4n) is 1.77. The van der Waals surface area contributed by atoms with E-state index in [1.165, 1.54) is 0 Å². The monoisotopic (exact) mass is 237 g/mol. The number of rotatable bonds is 6. The van der Waals surface area contributed by atoms with Gasteiger partial charge in [0, 0.05) is 6.54 Å². The zero-order valence-corrected chi connectivity index (χ0v) is 10.6. The van der Waals surface area contributed by atoms with Crippen LogP contribution in [-0.4, -0.2) is 36.2 Å². The first-order chi connectivity index (χ1) is 8.06. The fourth-order valence-corrected chi connectivity index (χ4v) is 1.77. The second-order valence-electron chi connectivity index (χ2n) is 4.00. The average Bonchev–Trinajstić information content (AvgIpc) is 2.27. The summed E-state index contributed by atoms with van der Waals surface area (Å²) >= 11 is 0. The van der Waals surface area contributed by atoms with Gasteiger partial charge in [0.15, 0.2) is 0 Å². The summed E-state index contributed by atoms with van der Waals surface area (Å²) in [5.74, 6) is 0.0621. The predicted molar refractivity (Wildman–Crippen MR) is 66.3 cm³/mol. The molecule has 0 aliphatic rings. The van der Waals surface area contributed by atoms with Crippen molar-refractivity contribution >= 4 is 5.97 Å². The Labute approximate surface area is 102 Å². The normalized spacial score (nSPS) is 10.6. The van der Waals surface area contributed by atoms with Crippen molar-refractivity contribution in [1.29, 1.82) is 0 Å². The van der Waals surface area contributed by atoms with Crippen molar-refractivity contribution in [1.82, 2.24) is 4.90 Å². The van der Waals surface area contributed by atoms with Crippen molar-refractivity contribution in [3.63, 3.8) is 0 Å². The molecule has 0 heterocycles. The van der Waals surface area contributed by atoms with Crippen LogP contribution in [0.4, 0.5) is 0 Å². The van der Waals surface area contributed by atoms with Crippen LogP contribution in [-0.2, 0) is 11.3 Å². The molecule has 4 nitrogen and oxygen atoms in total. The Morgan fingerprint density at radius 2 is 2.18 bits per heavy atom. The summed E-state index contributed by atoms with van der Waals surface area (Å²) in [4.78, 5) is 12.5. The second-order valence-corrected chi connectivity index (χ2v) is 4.00. The van der Waals surface area contributed by atoms with Crippen molar-refractivity contribution < 1.29 is 14.6 Å². The molecule has 0 unspecified atom stereocenters. The third kappa shape index (κ3) is 4.07. The van der Waals surface area contributed by atoms with Crippen LogP contribution in [0.5, 0.6) is 5.75 Å². The number of hydrogen-bond acceptors (Lipinski definition) is 3. The number of methoxy groups -OCH3 is 1. The zero-order valence-electron chi connectivity index (χ0n) is 10.6. The van der Waals surface area contributed by atoms with Gasteiger partial charge in [0.25, 0.3) is 0 Å². The second kappa shape index (κ2) is 6.25. The SMILES string of the molecule is CCN(CC(=O)O)Cc1ccc(OC)c(C)c1. The molecule has 0 saturated heterocycles. The average molecular weight is 237 g/mol. The lowest BCUT2D eigenvalue weighted by Gasteiger charge is -2.18. The van der Waals surface area contributed by atoms with Gasteiger partial charge >= 0.3 is 5.97 Å². The van der Waals surface area contributed by atoms with E-state index in [-0.39, 0.29) is 6.54 Å². The summed E-state index contributed by atoms with van der Waals surface area (Å²) in [7, 11) is 1.64. The van der Waals surface area contributed by atoms with Crippen molar-refractivity contribution in [2.24, 2.45) is 0 Å². The highest BCUT2D eigenvalue weighted by Crippen LogP contribution is 2.19. The minimum absolute atomic E-state index is 0.0710. The molecule has 0 aliphatic heterocycles. The first-order valence-corrected chi connectivity index (χ1v) is 5.64. The highest BCUT2D eigenvalue weighted by Gasteiger charge is 2.09. The Morgan fingerprint density at radius 1 is 1.47 bits per heavy atom. The van der Waals surface area contributed by atoms with Crippen molar-refractivity contribution in [2.75, 3.05) is 20.2 Å². The summed E-state index contributed by atoms with van der Waals surface area (Å²) < 4.78 is 5.19. The van der Waals surface area contributed by atoms with E-state index >= 15 is 0 Å². The first kappa shape index (κ1) is 13.5. The van der Waals surface area contributed by atoms with E-state index in [0.29, 0.717) is 6.54 Å². The van der Waals surface area contributed by atoms with Gasteiger partial charge in [-0.15, -0.1) is 0 Å². The molecule has 0 bridgehead atoms. The van der Waals surface area contributed by atoms with E-state index in [4.69, 9.17) is 9.84 Å². The molecule has 17 heavy (non-hydrogen) atoms. The molecule has 0 atom stereocenters. The Kier molecular flexibility index (Phi) is 4.97. The predicted octanol–water partition coefficient (Wildman–Crippen LogP) is 1.91. The largest absolute Gasteiger partial charge is 0.496 e. The van der Waals surface area contributed by atoms with E-state index in [1.807, 2.05) is 36.9 Å². The maximum atomic E-state index is 10.7. The third-order valence-corrected chi connectivity index (χ3v) is 2.67. The highest BCUT2D eigenvalue weighted by molar-refractivity contribution is 5.69. The number of benzene rings is 1. The van der Waals surface area contributed by atoms with Crippen molar-refractivity contribution in [3.05, 3.63) is 29.3 Å². The minimum atomic E-state index is -0.794. The molecule has 0 aliphatic carbocycles. The number of ether oxygens (including phenoxy) is 1. The number of likely N-dealkylation sites (N-methyl/N-ethyl adjacent to an activating group) is 1. The molecular weight excluding hydrogens is 218 g/mol. The van der Waals surface area contributed by atoms with Gasteiger partial charge in [-0.1, -0.05) is 19.1 Å². The van der Waals surface area contributed by atoms with Gasteiger partial charge in [-0.2, -0.15) is 0 Å². The van der Waals surface area contributed by atoms with Crippen molar-refractivity contribution in [3.8, 4) is 5.75 Å². The Morgan fingerprint density at radius 3 is 2.65 bits per heavy atom. The van der Waals surface area contributed by atoms with Crippen LogP contribution in [0, 0.1) is 6.92 Å². The van der Waals surface area contributed by atoms with Crippen LogP contribution in [0.25, 0.3) is 0 Å². The molecule has 0 fully saturated rings. The first-order valence-electron chi connectivity index (χ1n) is 5.64. The lowest BCUT2D eigenvalue weighted by atomic mass is 10.1. The van der Waals surface area contributed by atoms with Crippen LogP contribution in [0.15, 0.2) is 18.2 Å². The number of hydrogen-bond donors (Lipinski definition) is 1. The van der Waals surface area contributed by atoms with E-state index in [0.717, 1.165) is 23.4 Å². The summed E-state index contributed by atoms with van der Waals surface area (Å²) in [5, 5.41) is 8.77. The highest BCUT2D eigenvalue weighted by atomic mass is 16.5. The molecule has 1 rings (SSSR count). The number of aliphatic carboxylic acids is 1. The summed E-state index contributed by atoms with van der Waals surface area (Å²) in [6.45, 7) is 5.38. The van der Waals surface area contributed by atoms with Crippen molar-refractivity contribution in [2.45, 2.75) is 20.4 Å². The fraction of sp³-hybridized carbons (Fsp3) is 0.462. The van der Waals surface area contributed by atoms with Gasteiger partial charge in [0.1, 0.15) is 5.75 Å². The molecule has 0 amide bonds. The Bertz CT molecular complexity index is 390. The molecule has 0 radical (unpaired) electrons. The van der Waals surface area contributed by atoms with Gasteiger partial charge in [-0.25, -0.2) is 0 Å². The van der Waals surface area contributed by atoms with E-state index in [2.05, 4.69) is 0 Å². The number of carbonyl (C=O) groups is 1. The standard InChI is InChI=1S/C13H19NO3/c1-4-14(9-13(15)16)8-11-5-6-12(17-3)10(2)7-11/h5-7H,4,8-9H2,1-3H3,(H,15,16). The van der Waals surface area contributed by atoms with Crippen LogP contribution < -0.4 is 4.74 Å². The van der Waals surface area contributed by atoms with Crippen LogP contribution in [0.2, 0.25) is 0 Å². The topological polar surface area (TPSA) is 49.8 Å². The lowest BCUT2D eigenvalue weighted by Crippen LogP contribution is -2.29. The maximum absolute atomic E-state index is 10.7. The van der Waals surface area contributed by atoms with Gasteiger partial charge < -0.3 is 9.84 Å². The van der Waals surface area contributed by atoms with Crippen LogP contribution >= 0.6 is 0 Å². The molecule has 1 aromatic rings.